The summed E-state index contributed by atoms with van der Waals surface area (Å²) >= 11 is 0. The summed E-state index contributed by atoms with van der Waals surface area (Å²) in [6.07, 6.45) is 22.3. The normalized spacial score (nSPS) is 15.7. The molecule has 650 valence electrons. The summed E-state index contributed by atoms with van der Waals surface area (Å²) in [5, 5.41) is 0. The van der Waals surface area contributed by atoms with Gasteiger partial charge in [0.1, 0.15) is 0 Å². The second-order valence-corrected chi connectivity index (χ2v) is 49.0. The molecular formula is C108H152N8OP4. The Balaban J connectivity index is 0.000000223. The largest absolute Gasteiger partial charge is 0.381 e. The minimum atomic E-state index is -1.13. The van der Waals surface area contributed by atoms with Crippen LogP contribution in [0.25, 0.3) is 0 Å². The lowest BCUT2D eigenvalue weighted by atomic mass is 9.92. The SMILES string of the molecule is C1CCOC1.CC(C)c1cccc(C(C)C)c1N1C=CN(c2c(C(C)C)cccc2C(C)C)P1P1N(c2c(C(C)C)cccc2C(C)C)C=CN1c1c(C(C)C)cccc1C(C)C.CC(C)c1cccc(C(C)C)c1N1C=CN(c2c(C(C)C)cccc2C(C)C)P1P1N(c2c(C(C)C)cccc2C(C)C)C=CN1c1c(C(C)C)cccc1C(C)C. The molecule has 0 bridgehead atoms. The van der Waals surface area contributed by atoms with Crippen molar-refractivity contribution in [3.05, 3.63) is 284 Å². The van der Waals surface area contributed by atoms with E-state index in [1.165, 1.54) is 147 Å². The van der Waals surface area contributed by atoms with Crippen molar-refractivity contribution in [1.29, 1.82) is 0 Å². The maximum absolute atomic E-state index is 4.94. The van der Waals surface area contributed by atoms with Crippen molar-refractivity contribution >= 4 is 77.1 Å². The highest BCUT2D eigenvalue weighted by molar-refractivity contribution is 8.33. The first kappa shape index (κ1) is 94.5. The van der Waals surface area contributed by atoms with Crippen molar-refractivity contribution in [3.63, 3.8) is 0 Å². The zero-order chi connectivity index (χ0) is 88.2. The molecule has 0 spiro atoms. The molecule has 8 aromatic rings. The van der Waals surface area contributed by atoms with Gasteiger partial charge in [0.2, 0.25) is 0 Å². The summed E-state index contributed by atoms with van der Waals surface area (Å²) in [4.78, 5) is 0. The second-order valence-electron chi connectivity index (χ2n) is 39.1. The molecule has 0 aliphatic carbocycles. The number of nitrogens with zero attached hydrogens (tertiary/aromatic N) is 8. The van der Waals surface area contributed by atoms with Crippen LogP contribution in [0, 0.1) is 0 Å². The molecule has 13 heteroatoms. The fraction of sp³-hybridized carbons (Fsp3) is 0.481. The van der Waals surface area contributed by atoms with Crippen LogP contribution in [0.5, 0.6) is 0 Å². The molecule has 0 radical (unpaired) electrons. The van der Waals surface area contributed by atoms with E-state index in [9.17, 15) is 0 Å². The molecule has 5 aliphatic heterocycles. The van der Waals surface area contributed by atoms with Crippen molar-refractivity contribution < 1.29 is 4.74 Å². The highest BCUT2D eigenvalue weighted by atomic mass is 32.1. The molecule has 0 saturated carbocycles. The summed E-state index contributed by atoms with van der Waals surface area (Å²) < 4.78 is 27.2. The quantitative estimate of drug-likeness (QED) is 0.0493. The number of anilines is 8. The van der Waals surface area contributed by atoms with Crippen LogP contribution in [0.3, 0.4) is 0 Å². The Labute approximate surface area is 740 Å². The average Bonchev–Trinajstić information content (AvgIpc) is 1.58. The Morgan fingerprint density at radius 1 is 0.165 bits per heavy atom. The first-order valence-electron chi connectivity index (χ1n) is 46.3. The van der Waals surface area contributed by atoms with Crippen LogP contribution >= 0.6 is 31.6 Å². The molecule has 9 nitrogen and oxygen atoms in total. The molecule has 1 fully saturated rings. The van der Waals surface area contributed by atoms with Crippen LogP contribution in [-0.4, -0.2) is 13.2 Å². The van der Waals surface area contributed by atoms with E-state index in [2.05, 4.69) is 454 Å². The fourth-order valence-electron chi connectivity index (χ4n) is 18.1. The molecule has 0 amide bonds. The van der Waals surface area contributed by atoms with Gasteiger partial charge in [-0.3, -0.25) is 0 Å². The van der Waals surface area contributed by atoms with E-state index in [0.717, 1.165) is 13.2 Å². The van der Waals surface area contributed by atoms with Crippen LogP contribution in [0.2, 0.25) is 0 Å². The number of hydrogen-bond acceptors (Lipinski definition) is 9. The first-order valence-corrected chi connectivity index (χ1v) is 52.7. The molecule has 13 rings (SSSR count). The molecule has 0 atom stereocenters. The standard InChI is InChI=1S/2C52H72N4P2.C4H8O/c2*1-33(2)41-21-17-22-42(34(3)4)49(41)53-29-30-54(50-43(35(5)6)23-18-24-44(50)36(7)8)57(53)58-55(51-45(37(9)10)25-19-26-46(51)38(11)12)31-32-56(58)52-47(39(13)14)27-20-28-48(52)40(15)16;1-2-4-5-3-1/h2*17-40H,1-16H3;1-4H2. The third-order valence-corrected chi connectivity index (χ3v) is 37.6. The van der Waals surface area contributed by atoms with Gasteiger partial charge in [0.25, 0.3) is 0 Å². The molecule has 0 N–H and O–H groups in total. The third-order valence-electron chi connectivity index (χ3n) is 24.7. The Hall–Kier alpha value is -7.20. The van der Waals surface area contributed by atoms with Gasteiger partial charge in [-0.1, -0.05) is 367 Å². The molecule has 0 aromatic heterocycles. The van der Waals surface area contributed by atoms with E-state index in [4.69, 9.17) is 4.74 Å². The van der Waals surface area contributed by atoms with Crippen molar-refractivity contribution in [1.82, 2.24) is 0 Å². The third kappa shape index (κ3) is 19.6. The predicted molar refractivity (Wildman–Crippen MR) is 541 cm³/mol. The van der Waals surface area contributed by atoms with Crippen LogP contribution in [0.1, 0.15) is 418 Å². The summed E-state index contributed by atoms with van der Waals surface area (Å²) in [5.41, 5.74) is 33.8. The van der Waals surface area contributed by atoms with Gasteiger partial charge in [0, 0.05) is 62.8 Å². The minimum absolute atomic E-state index is 0.368. The van der Waals surface area contributed by atoms with Gasteiger partial charge in [0.05, 0.1) is 45.5 Å². The van der Waals surface area contributed by atoms with Crippen molar-refractivity contribution in [2.45, 2.75) is 329 Å². The molecule has 5 heterocycles. The highest BCUT2D eigenvalue weighted by Crippen LogP contribution is 2.85. The summed E-state index contributed by atoms with van der Waals surface area (Å²) in [6, 6.07) is 56.6. The van der Waals surface area contributed by atoms with Gasteiger partial charge in [0.15, 0.2) is 31.6 Å². The number of benzene rings is 8. The monoisotopic (exact) mass is 1700 g/mol. The van der Waals surface area contributed by atoms with E-state index in [0.29, 0.717) is 94.7 Å². The van der Waals surface area contributed by atoms with Gasteiger partial charge in [-0.05, 0) is 197 Å². The van der Waals surface area contributed by atoms with E-state index >= 15 is 0 Å². The summed E-state index contributed by atoms with van der Waals surface area (Å²) in [7, 11) is -4.53. The number of ether oxygens (including phenoxy) is 1. The topological polar surface area (TPSA) is 35.2 Å². The van der Waals surface area contributed by atoms with Crippen LogP contribution < -0.4 is 37.4 Å². The van der Waals surface area contributed by atoms with Gasteiger partial charge in [-0.15, -0.1) is 0 Å². The van der Waals surface area contributed by atoms with Crippen LogP contribution in [0.4, 0.5) is 45.5 Å². The van der Waals surface area contributed by atoms with E-state index in [-0.39, 0.29) is 0 Å². The second kappa shape index (κ2) is 40.8. The molecule has 0 unspecified atom stereocenters. The number of hydrogen-bond donors (Lipinski definition) is 0. The zero-order valence-electron chi connectivity index (χ0n) is 80.3. The first-order chi connectivity index (χ1) is 57.4. The molecular weight excluding hydrogens is 1550 g/mol. The predicted octanol–water partition coefficient (Wildman–Crippen LogP) is 35.8. The fourth-order valence-corrected chi connectivity index (χ4v) is 32.8. The van der Waals surface area contributed by atoms with Gasteiger partial charge in [-0.2, -0.15) is 0 Å². The smallest absolute Gasteiger partial charge is 0.175 e. The maximum atomic E-state index is 4.94. The van der Waals surface area contributed by atoms with E-state index in [1.54, 1.807) is 0 Å². The van der Waals surface area contributed by atoms with Crippen LogP contribution in [-0.2, 0) is 4.74 Å². The number of para-hydroxylation sites is 8. The molecule has 8 aromatic carbocycles. The lowest BCUT2D eigenvalue weighted by molar-refractivity contribution is 0.198. The average molecular weight is 1700 g/mol. The summed E-state index contributed by atoms with van der Waals surface area (Å²) in [5.74, 6) is 5.89. The molecule has 5 aliphatic rings. The van der Waals surface area contributed by atoms with Crippen molar-refractivity contribution in [2.75, 3.05) is 50.6 Å². The van der Waals surface area contributed by atoms with Gasteiger partial charge < -0.3 is 42.1 Å². The van der Waals surface area contributed by atoms with E-state index in [1.807, 2.05) is 0 Å². The molecule has 121 heavy (non-hydrogen) atoms. The Morgan fingerprint density at radius 2 is 0.256 bits per heavy atom. The van der Waals surface area contributed by atoms with Gasteiger partial charge >= 0.3 is 0 Å². The highest BCUT2D eigenvalue weighted by Gasteiger charge is 2.52. The van der Waals surface area contributed by atoms with Crippen molar-refractivity contribution in [3.8, 4) is 0 Å². The van der Waals surface area contributed by atoms with E-state index < -0.39 is 31.6 Å². The Bertz CT molecular complexity index is 3840. The lowest BCUT2D eigenvalue weighted by Gasteiger charge is -2.46. The zero-order valence-corrected chi connectivity index (χ0v) is 83.9. The van der Waals surface area contributed by atoms with Crippen molar-refractivity contribution in [2.24, 2.45) is 0 Å². The minimum Gasteiger partial charge on any atom is -0.381 e. The Morgan fingerprint density at radius 3 is 0.322 bits per heavy atom. The Kier molecular flexibility index (Phi) is 31.9. The van der Waals surface area contributed by atoms with Gasteiger partial charge in [-0.25, -0.2) is 0 Å². The maximum Gasteiger partial charge on any atom is 0.175 e. The summed E-state index contributed by atoms with van der Waals surface area (Å²) in [6.45, 7) is 77.9. The van der Waals surface area contributed by atoms with Crippen LogP contribution in [0.15, 0.2) is 195 Å². The lowest BCUT2D eigenvalue weighted by Crippen LogP contribution is -2.27. The molecule has 1 saturated heterocycles. The number of rotatable bonds is 26.